The molecule has 2 aromatic carbocycles. The van der Waals surface area contributed by atoms with Gasteiger partial charge < -0.3 is 0 Å². The summed E-state index contributed by atoms with van der Waals surface area (Å²) in [6, 6.07) is 11.3. The highest BCUT2D eigenvalue weighted by atomic mass is 79.9. The van der Waals surface area contributed by atoms with E-state index in [-0.39, 0.29) is 11.7 Å². The average molecular weight is 455 g/mol. The molecule has 26 heavy (non-hydrogen) atoms. The molecule has 0 spiro atoms. The molecule has 1 amide bonds. The number of nitrogens with zero attached hydrogens (tertiary/aromatic N) is 2. The molecule has 1 saturated heterocycles. The van der Waals surface area contributed by atoms with Gasteiger partial charge in [0.25, 0.3) is 5.91 Å². The number of hydrogen-bond acceptors (Lipinski definition) is 3. The Kier molecular flexibility index (Phi) is 4.50. The van der Waals surface area contributed by atoms with Crippen LogP contribution in [0, 0.1) is 5.82 Å². The van der Waals surface area contributed by atoms with Gasteiger partial charge in [0.05, 0.1) is 15.7 Å². The van der Waals surface area contributed by atoms with Gasteiger partial charge in [0.1, 0.15) is 17.2 Å². The third-order valence-corrected chi connectivity index (χ3v) is 5.53. The van der Waals surface area contributed by atoms with E-state index in [1.807, 2.05) is 6.07 Å². The van der Waals surface area contributed by atoms with Crippen LogP contribution >= 0.6 is 39.1 Å². The number of alkyl halides is 1. The van der Waals surface area contributed by atoms with Gasteiger partial charge in [-0.1, -0.05) is 17.7 Å². The SMILES string of the molecule is O=C1C(Cl)C(c2ccc(F)c(Br)c2)N1Nc1ccnc2cc(Cl)ccc12. The monoisotopic (exact) mass is 453 g/mol. The van der Waals surface area contributed by atoms with E-state index < -0.39 is 11.4 Å². The molecule has 1 aliphatic rings. The van der Waals surface area contributed by atoms with E-state index in [0.717, 1.165) is 10.9 Å². The number of hydrogen-bond donors (Lipinski definition) is 1. The first-order chi connectivity index (χ1) is 12.5. The number of hydrazine groups is 1. The molecule has 0 bridgehead atoms. The Labute approximate surface area is 167 Å². The number of pyridine rings is 1. The van der Waals surface area contributed by atoms with Crippen LogP contribution < -0.4 is 5.43 Å². The van der Waals surface area contributed by atoms with Gasteiger partial charge in [0.15, 0.2) is 0 Å². The van der Waals surface area contributed by atoms with E-state index >= 15 is 0 Å². The minimum Gasteiger partial charge on any atom is -0.295 e. The van der Waals surface area contributed by atoms with Crippen LogP contribution in [0.1, 0.15) is 11.6 Å². The molecule has 3 aromatic rings. The van der Waals surface area contributed by atoms with Crippen LogP contribution in [0.5, 0.6) is 0 Å². The predicted molar refractivity (Wildman–Crippen MR) is 104 cm³/mol. The maximum Gasteiger partial charge on any atom is 0.262 e. The molecule has 0 radical (unpaired) electrons. The Balaban J connectivity index is 1.68. The summed E-state index contributed by atoms with van der Waals surface area (Å²) in [6.07, 6.45) is 1.63. The van der Waals surface area contributed by atoms with Crippen molar-refractivity contribution >= 4 is 61.6 Å². The first-order valence-corrected chi connectivity index (χ1v) is 9.29. The number of rotatable bonds is 3. The minimum absolute atomic E-state index is 0.254. The molecule has 8 heteroatoms. The highest BCUT2D eigenvalue weighted by Gasteiger charge is 2.48. The van der Waals surface area contributed by atoms with Crippen molar-refractivity contribution in [1.82, 2.24) is 9.99 Å². The summed E-state index contributed by atoms with van der Waals surface area (Å²) in [4.78, 5) is 16.6. The lowest BCUT2D eigenvalue weighted by molar-refractivity contribution is -0.143. The highest BCUT2D eigenvalue weighted by molar-refractivity contribution is 9.10. The van der Waals surface area contributed by atoms with Gasteiger partial charge in [-0.3, -0.25) is 15.2 Å². The lowest BCUT2D eigenvalue weighted by Gasteiger charge is -2.44. The third kappa shape index (κ3) is 2.92. The highest BCUT2D eigenvalue weighted by Crippen LogP contribution is 2.40. The summed E-state index contributed by atoms with van der Waals surface area (Å²) in [7, 11) is 0. The van der Waals surface area contributed by atoms with Crippen molar-refractivity contribution in [3.63, 3.8) is 0 Å². The maximum absolute atomic E-state index is 13.5. The van der Waals surface area contributed by atoms with Crippen molar-refractivity contribution in [1.29, 1.82) is 0 Å². The van der Waals surface area contributed by atoms with E-state index in [1.54, 1.807) is 36.5 Å². The van der Waals surface area contributed by atoms with Crippen LogP contribution in [0.15, 0.2) is 53.1 Å². The lowest BCUT2D eigenvalue weighted by Crippen LogP contribution is -2.58. The van der Waals surface area contributed by atoms with Crippen LogP contribution in [-0.2, 0) is 4.79 Å². The summed E-state index contributed by atoms with van der Waals surface area (Å²) in [6.45, 7) is 0. The molecule has 1 N–H and O–H groups in total. The number of carbonyl (C=O) groups excluding carboxylic acids is 1. The summed E-state index contributed by atoms with van der Waals surface area (Å²) >= 11 is 15.4. The molecule has 4 rings (SSSR count). The molecular weight excluding hydrogens is 444 g/mol. The molecule has 2 atom stereocenters. The molecule has 4 nitrogen and oxygen atoms in total. The maximum atomic E-state index is 13.5. The zero-order valence-electron chi connectivity index (χ0n) is 13.1. The van der Waals surface area contributed by atoms with E-state index in [1.165, 1.54) is 11.1 Å². The normalized spacial score (nSPS) is 19.5. The van der Waals surface area contributed by atoms with Crippen LogP contribution in [0.25, 0.3) is 10.9 Å². The van der Waals surface area contributed by atoms with Gasteiger partial charge in [-0.2, -0.15) is 0 Å². The fourth-order valence-corrected chi connectivity index (χ4v) is 3.87. The van der Waals surface area contributed by atoms with Crippen LogP contribution in [-0.4, -0.2) is 21.3 Å². The summed E-state index contributed by atoms with van der Waals surface area (Å²) in [5, 5.41) is 2.13. The second kappa shape index (κ2) is 6.68. The van der Waals surface area contributed by atoms with E-state index in [4.69, 9.17) is 23.2 Å². The molecule has 1 fully saturated rings. The van der Waals surface area contributed by atoms with Crippen molar-refractivity contribution in [2.75, 3.05) is 5.43 Å². The van der Waals surface area contributed by atoms with Gasteiger partial charge in [0.2, 0.25) is 0 Å². The van der Waals surface area contributed by atoms with Gasteiger partial charge in [0, 0.05) is 16.6 Å². The third-order valence-electron chi connectivity index (χ3n) is 4.26. The molecule has 0 aliphatic carbocycles. The Morgan fingerprint density at radius 3 is 2.77 bits per heavy atom. The van der Waals surface area contributed by atoms with Crippen molar-refractivity contribution in [2.45, 2.75) is 11.4 Å². The molecular formula is C18H11BrCl2FN3O. The Morgan fingerprint density at radius 1 is 1.19 bits per heavy atom. The number of β-lactam (4-membered cyclic amide) rings is 1. The fourth-order valence-electron chi connectivity index (χ4n) is 2.94. The van der Waals surface area contributed by atoms with Crippen molar-refractivity contribution in [2.24, 2.45) is 0 Å². The smallest absolute Gasteiger partial charge is 0.262 e. The first-order valence-electron chi connectivity index (χ1n) is 7.69. The minimum atomic E-state index is -0.720. The first kappa shape index (κ1) is 17.5. The molecule has 1 aliphatic heterocycles. The lowest BCUT2D eigenvalue weighted by atomic mass is 9.95. The Bertz CT molecular complexity index is 1030. The van der Waals surface area contributed by atoms with E-state index in [9.17, 15) is 9.18 Å². The van der Waals surface area contributed by atoms with Crippen LogP contribution in [0.4, 0.5) is 10.1 Å². The van der Waals surface area contributed by atoms with Gasteiger partial charge in [-0.05, 0) is 57.9 Å². The predicted octanol–water partition coefficient (Wildman–Crippen LogP) is 5.31. The molecule has 0 saturated carbocycles. The van der Waals surface area contributed by atoms with Gasteiger partial charge >= 0.3 is 0 Å². The van der Waals surface area contributed by atoms with Crippen molar-refractivity contribution in [3.05, 3.63) is 69.5 Å². The molecule has 132 valence electrons. The molecule has 1 aromatic heterocycles. The van der Waals surface area contributed by atoms with Gasteiger partial charge in [-0.25, -0.2) is 9.40 Å². The molecule has 2 heterocycles. The number of halogens is 4. The van der Waals surface area contributed by atoms with Crippen LogP contribution in [0.2, 0.25) is 5.02 Å². The quantitative estimate of drug-likeness (QED) is 0.431. The Morgan fingerprint density at radius 2 is 2.00 bits per heavy atom. The number of aromatic nitrogens is 1. The van der Waals surface area contributed by atoms with Crippen LogP contribution in [0.3, 0.4) is 0 Å². The second-order valence-corrected chi connectivity index (χ2v) is 7.62. The number of carbonyl (C=O) groups is 1. The number of amides is 1. The van der Waals surface area contributed by atoms with Crippen molar-refractivity contribution < 1.29 is 9.18 Å². The number of anilines is 1. The zero-order chi connectivity index (χ0) is 18.4. The average Bonchev–Trinajstić information content (AvgIpc) is 2.63. The topological polar surface area (TPSA) is 45.2 Å². The molecule has 2 unspecified atom stereocenters. The standard InChI is InChI=1S/C18H11BrCl2FN3O/c19-12-7-9(1-4-13(12)22)17-16(21)18(26)25(17)24-14-5-6-23-15-8-10(20)2-3-11(14)15/h1-8,16-17H,(H,23,24). The fraction of sp³-hybridized carbons (Fsp3) is 0.111. The Hall–Kier alpha value is -1.89. The largest absolute Gasteiger partial charge is 0.295 e. The summed E-state index contributed by atoms with van der Waals surface area (Å²) in [5.41, 5.74) is 5.25. The second-order valence-electron chi connectivity index (χ2n) is 5.86. The van der Waals surface area contributed by atoms with E-state index in [0.29, 0.717) is 20.7 Å². The summed E-state index contributed by atoms with van der Waals surface area (Å²) in [5.74, 6) is -0.627. The number of benzene rings is 2. The number of fused-ring (bicyclic) bond motifs is 1. The zero-order valence-corrected chi connectivity index (χ0v) is 16.2. The number of nitrogens with one attached hydrogen (secondary N) is 1. The summed E-state index contributed by atoms with van der Waals surface area (Å²) < 4.78 is 13.8. The van der Waals surface area contributed by atoms with E-state index in [2.05, 4.69) is 26.3 Å². The van der Waals surface area contributed by atoms with Gasteiger partial charge in [-0.15, -0.1) is 11.6 Å². The van der Waals surface area contributed by atoms with Crippen molar-refractivity contribution in [3.8, 4) is 0 Å².